The highest BCUT2D eigenvalue weighted by Crippen LogP contribution is 2.18. The predicted octanol–water partition coefficient (Wildman–Crippen LogP) is 1.27. The molecule has 0 bridgehead atoms. The molecule has 21 heavy (non-hydrogen) atoms. The lowest BCUT2D eigenvalue weighted by molar-refractivity contribution is 0.391. The lowest BCUT2D eigenvalue weighted by atomic mass is 10.3. The van der Waals surface area contributed by atoms with Crippen molar-refractivity contribution in [3.8, 4) is 0 Å². The van der Waals surface area contributed by atoms with Crippen LogP contribution in [0.3, 0.4) is 0 Å². The van der Waals surface area contributed by atoms with Gasteiger partial charge in [0.05, 0.1) is 0 Å². The van der Waals surface area contributed by atoms with Crippen LogP contribution in [0.25, 0.3) is 0 Å². The van der Waals surface area contributed by atoms with E-state index in [-0.39, 0.29) is 6.04 Å². The average molecular weight is 293 g/mol. The van der Waals surface area contributed by atoms with Gasteiger partial charge in [0, 0.05) is 32.2 Å². The molecule has 0 saturated carbocycles. The van der Waals surface area contributed by atoms with Gasteiger partial charge in [0.15, 0.2) is 0 Å². The molecule has 1 aliphatic heterocycles. The second-order valence-corrected chi connectivity index (χ2v) is 5.81. The summed E-state index contributed by atoms with van der Waals surface area (Å²) in [5.41, 5.74) is 0. The minimum Gasteiger partial charge on any atom is -0.354 e. The minimum atomic E-state index is 0.281. The lowest BCUT2D eigenvalue weighted by Crippen LogP contribution is -2.31. The molecule has 0 radical (unpaired) electrons. The molecule has 1 saturated heterocycles. The predicted molar refractivity (Wildman–Crippen MR) is 87.1 cm³/mol. The van der Waals surface area contributed by atoms with E-state index >= 15 is 0 Å². The van der Waals surface area contributed by atoms with Gasteiger partial charge in [-0.3, -0.25) is 0 Å². The van der Waals surface area contributed by atoms with Crippen LogP contribution in [0, 0.1) is 0 Å². The maximum absolute atomic E-state index is 4.58. The van der Waals surface area contributed by atoms with Crippen LogP contribution >= 0.6 is 0 Å². The SMILES string of the molecule is CCNc1nc(NC(C)CN(C)C)nc(N2CCCC2)n1. The molecule has 1 aromatic heterocycles. The van der Waals surface area contributed by atoms with E-state index in [1.54, 1.807) is 0 Å². The molecule has 0 spiro atoms. The van der Waals surface area contributed by atoms with Crippen LogP contribution in [0.5, 0.6) is 0 Å². The van der Waals surface area contributed by atoms with Gasteiger partial charge < -0.3 is 20.4 Å². The Morgan fingerprint density at radius 2 is 1.81 bits per heavy atom. The van der Waals surface area contributed by atoms with E-state index in [2.05, 4.69) is 56.4 Å². The van der Waals surface area contributed by atoms with E-state index < -0.39 is 0 Å². The van der Waals surface area contributed by atoms with Crippen molar-refractivity contribution in [1.29, 1.82) is 0 Å². The molecule has 1 atom stereocenters. The third-order valence-corrected chi connectivity index (χ3v) is 3.36. The van der Waals surface area contributed by atoms with Crippen LogP contribution in [0.15, 0.2) is 0 Å². The topological polar surface area (TPSA) is 69.2 Å². The van der Waals surface area contributed by atoms with Gasteiger partial charge in [0.25, 0.3) is 0 Å². The fourth-order valence-corrected chi connectivity index (χ4v) is 2.54. The molecule has 1 aliphatic rings. The largest absolute Gasteiger partial charge is 0.354 e. The second kappa shape index (κ2) is 7.40. The molecular weight excluding hydrogens is 266 g/mol. The van der Waals surface area contributed by atoms with Crippen molar-refractivity contribution in [2.45, 2.75) is 32.7 Å². The van der Waals surface area contributed by atoms with E-state index in [0.29, 0.717) is 11.9 Å². The van der Waals surface area contributed by atoms with Crippen molar-refractivity contribution in [1.82, 2.24) is 19.9 Å². The number of nitrogens with zero attached hydrogens (tertiary/aromatic N) is 5. The molecule has 0 amide bonds. The molecule has 7 heteroatoms. The molecule has 118 valence electrons. The third kappa shape index (κ3) is 4.70. The summed E-state index contributed by atoms with van der Waals surface area (Å²) in [7, 11) is 4.12. The second-order valence-electron chi connectivity index (χ2n) is 5.81. The van der Waals surface area contributed by atoms with Crippen molar-refractivity contribution < 1.29 is 0 Å². The summed E-state index contributed by atoms with van der Waals surface area (Å²) in [6, 6.07) is 0.281. The summed E-state index contributed by atoms with van der Waals surface area (Å²) in [5, 5.41) is 6.55. The van der Waals surface area contributed by atoms with Crippen molar-refractivity contribution >= 4 is 17.8 Å². The smallest absolute Gasteiger partial charge is 0.231 e. The number of anilines is 3. The van der Waals surface area contributed by atoms with Crippen LogP contribution in [0.4, 0.5) is 17.8 Å². The van der Waals surface area contributed by atoms with Gasteiger partial charge in [-0.2, -0.15) is 15.0 Å². The molecule has 1 unspecified atom stereocenters. The van der Waals surface area contributed by atoms with Crippen LogP contribution in [0.2, 0.25) is 0 Å². The first-order chi connectivity index (χ1) is 10.1. The summed E-state index contributed by atoms with van der Waals surface area (Å²) >= 11 is 0. The van der Waals surface area contributed by atoms with Gasteiger partial charge in [0.1, 0.15) is 0 Å². The summed E-state index contributed by atoms with van der Waals surface area (Å²) in [6.45, 7) is 7.97. The van der Waals surface area contributed by atoms with E-state index in [1.165, 1.54) is 12.8 Å². The zero-order valence-electron chi connectivity index (χ0n) is 13.6. The average Bonchev–Trinajstić information content (AvgIpc) is 2.91. The Labute approximate surface area is 127 Å². The molecule has 0 aromatic carbocycles. The van der Waals surface area contributed by atoms with Crippen molar-refractivity contribution in [2.75, 3.05) is 55.8 Å². The monoisotopic (exact) mass is 293 g/mol. The van der Waals surface area contributed by atoms with Gasteiger partial charge in [-0.25, -0.2) is 0 Å². The van der Waals surface area contributed by atoms with Crippen LogP contribution in [-0.4, -0.2) is 66.2 Å². The maximum Gasteiger partial charge on any atom is 0.231 e. The minimum absolute atomic E-state index is 0.281. The van der Waals surface area contributed by atoms with E-state index in [9.17, 15) is 0 Å². The van der Waals surface area contributed by atoms with Gasteiger partial charge >= 0.3 is 0 Å². The molecule has 2 N–H and O–H groups in total. The number of hydrogen-bond donors (Lipinski definition) is 2. The standard InChI is InChI=1S/C14H27N7/c1-5-15-12-17-13(16-11(2)10-20(3)4)19-14(18-12)21-8-6-7-9-21/h11H,5-10H2,1-4H3,(H2,15,16,17,18,19). The van der Waals surface area contributed by atoms with Crippen LogP contribution in [0.1, 0.15) is 26.7 Å². The Kier molecular flexibility index (Phi) is 5.55. The maximum atomic E-state index is 4.58. The molecule has 7 nitrogen and oxygen atoms in total. The number of nitrogens with one attached hydrogen (secondary N) is 2. The zero-order chi connectivity index (χ0) is 15.2. The number of hydrogen-bond acceptors (Lipinski definition) is 7. The molecule has 2 heterocycles. The highest BCUT2D eigenvalue weighted by Gasteiger charge is 2.18. The van der Waals surface area contributed by atoms with E-state index in [0.717, 1.165) is 32.1 Å². The molecule has 1 fully saturated rings. The Balaban J connectivity index is 2.14. The van der Waals surface area contributed by atoms with E-state index in [4.69, 9.17) is 0 Å². The van der Waals surface area contributed by atoms with Gasteiger partial charge in [-0.05, 0) is 40.8 Å². The van der Waals surface area contributed by atoms with Gasteiger partial charge in [-0.1, -0.05) is 0 Å². The van der Waals surface area contributed by atoms with E-state index in [1.807, 2.05) is 6.92 Å². The summed E-state index contributed by atoms with van der Waals surface area (Å²) in [6.07, 6.45) is 2.42. The first kappa shape index (κ1) is 15.8. The molecule has 2 rings (SSSR count). The number of aromatic nitrogens is 3. The lowest BCUT2D eigenvalue weighted by Gasteiger charge is -2.20. The summed E-state index contributed by atoms with van der Waals surface area (Å²) < 4.78 is 0. The van der Waals surface area contributed by atoms with Crippen molar-refractivity contribution in [2.24, 2.45) is 0 Å². The van der Waals surface area contributed by atoms with Gasteiger partial charge in [-0.15, -0.1) is 0 Å². The zero-order valence-corrected chi connectivity index (χ0v) is 13.6. The van der Waals surface area contributed by atoms with Crippen LogP contribution in [-0.2, 0) is 0 Å². The fourth-order valence-electron chi connectivity index (χ4n) is 2.54. The molecule has 1 aromatic rings. The van der Waals surface area contributed by atoms with Crippen molar-refractivity contribution in [3.05, 3.63) is 0 Å². The van der Waals surface area contributed by atoms with Crippen molar-refractivity contribution in [3.63, 3.8) is 0 Å². The van der Waals surface area contributed by atoms with Gasteiger partial charge in [0.2, 0.25) is 17.8 Å². The summed E-state index contributed by atoms with van der Waals surface area (Å²) in [4.78, 5) is 17.9. The summed E-state index contributed by atoms with van der Waals surface area (Å²) in [5.74, 6) is 2.07. The highest BCUT2D eigenvalue weighted by atomic mass is 15.3. The molecule has 0 aliphatic carbocycles. The molecular formula is C14H27N7. The third-order valence-electron chi connectivity index (χ3n) is 3.36. The highest BCUT2D eigenvalue weighted by molar-refractivity contribution is 5.44. The normalized spacial score (nSPS) is 16.3. The first-order valence-corrected chi connectivity index (χ1v) is 7.74. The number of rotatable bonds is 7. The van der Waals surface area contributed by atoms with Crippen LogP contribution < -0.4 is 15.5 Å². The quantitative estimate of drug-likeness (QED) is 0.784. The first-order valence-electron chi connectivity index (χ1n) is 7.74. The fraction of sp³-hybridized carbons (Fsp3) is 0.786. The number of likely N-dealkylation sites (N-methyl/N-ethyl adjacent to an activating group) is 1. The Hall–Kier alpha value is -1.63. The Bertz CT molecular complexity index is 443. The Morgan fingerprint density at radius 1 is 1.14 bits per heavy atom. The Morgan fingerprint density at radius 3 is 2.43 bits per heavy atom.